The summed E-state index contributed by atoms with van der Waals surface area (Å²) in [7, 11) is 3.20. The lowest BCUT2D eigenvalue weighted by Gasteiger charge is -2.12. The Kier molecular flexibility index (Phi) is 7.03. The van der Waals surface area contributed by atoms with Crippen LogP contribution in [0.3, 0.4) is 0 Å². The molecule has 1 amide bonds. The van der Waals surface area contributed by atoms with Gasteiger partial charge in [0.25, 0.3) is 5.91 Å². The van der Waals surface area contributed by atoms with Crippen molar-refractivity contribution in [3.05, 3.63) is 46.7 Å². The monoisotopic (exact) mass is 363 g/mol. The molecule has 0 atom stereocenters. The van der Waals surface area contributed by atoms with Gasteiger partial charge in [0.2, 0.25) is 0 Å². The molecule has 0 unspecified atom stereocenters. The molecule has 1 aromatic heterocycles. The zero-order chi connectivity index (χ0) is 18.2. The number of ether oxygens (including phenoxy) is 2. The molecule has 0 aliphatic rings. The minimum Gasteiger partial charge on any atom is -0.495 e. The quantitative estimate of drug-likeness (QED) is 0.699. The molecule has 2 rings (SSSR count). The van der Waals surface area contributed by atoms with Crippen molar-refractivity contribution in [2.75, 3.05) is 38.0 Å². The van der Waals surface area contributed by atoms with Gasteiger partial charge in [-0.2, -0.15) is 0 Å². The van der Waals surface area contributed by atoms with Crippen LogP contribution >= 0.6 is 11.6 Å². The number of halogens is 1. The van der Waals surface area contributed by atoms with Crippen LogP contribution in [0.15, 0.2) is 30.5 Å². The average Bonchev–Trinajstić information content (AvgIpc) is 2.62. The minimum atomic E-state index is -0.314. The second-order valence-corrected chi connectivity index (χ2v) is 5.87. The molecule has 2 N–H and O–H groups in total. The standard InChI is InChI=1S/C18H22ClN3O3/c1-12-9-16(17(25-3)10-14(12)19)22-18(23)15-6-5-13(11-21-15)20-7-4-8-24-2/h5-6,9-11,20H,4,7-8H2,1-3H3,(H,22,23). The first kappa shape index (κ1) is 19.0. The molecule has 2 aromatic rings. The fourth-order valence-corrected chi connectivity index (χ4v) is 2.35. The Morgan fingerprint density at radius 3 is 2.72 bits per heavy atom. The Labute approximate surface area is 152 Å². The number of rotatable bonds is 8. The average molecular weight is 364 g/mol. The van der Waals surface area contributed by atoms with Crippen molar-refractivity contribution < 1.29 is 14.3 Å². The van der Waals surface area contributed by atoms with Gasteiger partial charge in [0.15, 0.2) is 0 Å². The van der Waals surface area contributed by atoms with Crippen LogP contribution in [0.5, 0.6) is 5.75 Å². The van der Waals surface area contributed by atoms with E-state index in [1.54, 1.807) is 31.5 Å². The Morgan fingerprint density at radius 2 is 2.08 bits per heavy atom. The van der Waals surface area contributed by atoms with E-state index >= 15 is 0 Å². The van der Waals surface area contributed by atoms with Gasteiger partial charge in [-0.15, -0.1) is 0 Å². The molecular formula is C18H22ClN3O3. The van der Waals surface area contributed by atoms with Gasteiger partial charge < -0.3 is 20.1 Å². The molecule has 25 heavy (non-hydrogen) atoms. The SMILES string of the molecule is COCCCNc1ccc(C(=O)Nc2cc(C)c(Cl)cc2OC)nc1. The van der Waals surface area contributed by atoms with Crippen LogP contribution in [0.4, 0.5) is 11.4 Å². The van der Waals surface area contributed by atoms with E-state index in [-0.39, 0.29) is 5.91 Å². The number of aromatic nitrogens is 1. The topological polar surface area (TPSA) is 72.5 Å². The maximum atomic E-state index is 12.4. The zero-order valence-electron chi connectivity index (χ0n) is 14.6. The molecule has 0 saturated heterocycles. The highest BCUT2D eigenvalue weighted by Crippen LogP contribution is 2.31. The summed E-state index contributed by atoms with van der Waals surface area (Å²) in [4.78, 5) is 16.6. The summed E-state index contributed by atoms with van der Waals surface area (Å²) in [6, 6.07) is 6.93. The molecule has 0 saturated carbocycles. The first-order valence-corrected chi connectivity index (χ1v) is 8.27. The van der Waals surface area contributed by atoms with Crippen LogP contribution in [0.1, 0.15) is 22.5 Å². The van der Waals surface area contributed by atoms with E-state index in [9.17, 15) is 4.79 Å². The number of nitrogens with zero attached hydrogens (tertiary/aromatic N) is 1. The summed E-state index contributed by atoms with van der Waals surface area (Å²) in [6.07, 6.45) is 2.53. The fourth-order valence-electron chi connectivity index (χ4n) is 2.20. The fraction of sp³-hybridized carbons (Fsp3) is 0.333. The normalized spacial score (nSPS) is 10.4. The lowest BCUT2D eigenvalue weighted by molar-refractivity contribution is 0.102. The highest BCUT2D eigenvalue weighted by Gasteiger charge is 2.13. The number of hydrogen-bond donors (Lipinski definition) is 2. The Balaban J connectivity index is 2.02. The summed E-state index contributed by atoms with van der Waals surface area (Å²) in [5.74, 6) is 0.186. The summed E-state index contributed by atoms with van der Waals surface area (Å²) >= 11 is 6.08. The minimum absolute atomic E-state index is 0.314. The van der Waals surface area contributed by atoms with Crippen molar-refractivity contribution in [3.63, 3.8) is 0 Å². The summed E-state index contributed by atoms with van der Waals surface area (Å²) in [5, 5.41) is 6.60. The second kappa shape index (κ2) is 9.25. The number of methoxy groups -OCH3 is 2. The molecule has 0 radical (unpaired) electrons. The predicted octanol–water partition coefficient (Wildman–Crippen LogP) is 3.75. The van der Waals surface area contributed by atoms with E-state index in [0.717, 1.165) is 24.2 Å². The Hall–Kier alpha value is -2.31. The number of carbonyl (C=O) groups excluding carboxylic acids is 1. The number of amides is 1. The number of aryl methyl sites for hydroxylation is 1. The summed E-state index contributed by atoms with van der Waals surface area (Å²) in [5.41, 5.74) is 2.57. The summed E-state index contributed by atoms with van der Waals surface area (Å²) < 4.78 is 10.3. The van der Waals surface area contributed by atoms with Gasteiger partial charge in [-0.05, 0) is 37.1 Å². The Bertz CT molecular complexity index is 720. The lowest BCUT2D eigenvalue weighted by atomic mass is 10.2. The van der Waals surface area contributed by atoms with Crippen molar-refractivity contribution >= 4 is 28.9 Å². The van der Waals surface area contributed by atoms with Crippen LogP contribution in [-0.2, 0) is 4.74 Å². The van der Waals surface area contributed by atoms with Gasteiger partial charge in [-0.1, -0.05) is 11.6 Å². The molecule has 0 bridgehead atoms. The van der Waals surface area contributed by atoms with E-state index in [4.69, 9.17) is 21.1 Å². The van der Waals surface area contributed by atoms with Crippen molar-refractivity contribution in [1.82, 2.24) is 4.98 Å². The highest BCUT2D eigenvalue weighted by molar-refractivity contribution is 6.31. The number of carbonyl (C=O) groups is 1. The highest BCUT2D eigenvalue weighted by atomic mass is 35.5. The lowest BCUT2D eigenvalue weighted by Crippen LogP contribution is -2.14. The first-order chi connectivity index (χ1) is 12.0. The molecule has 1 aromatic carbocycles. The first-order valence-electron chi connectivity index (χ1n) is 7.89. The molecule has 6 nitrogen and oxygen atoms in total. The number of pyridine rings is 1. The van der Waals surface area contributed by atoms with Crippen LogP contribution < -0.4 is 15.4 Å². The third kappa shape index (κ3) is 5.34. The van der Waals surface area contributed by atoms with E-state index in [0.29, 0.717) is 28.8 Å². The van der Waals surface area contributed by atoms with Crippen molar-refractivity contribution in [2.45, 2.75) is 13.3 Å². The molecule has 0 aliphatic carbocycles. The third-order valence-corrected chi connectivity index (χ3v) is 3.99. The maximum Gasteiger partial charge on any atom is 0.274 e. The number of hydrogen-bond acceptors (Lipinski definition) is 5. The van der Waals surface area contributed by atoms with Gasteiger partial charge >= 0.3 is 0 Å². The second-order valence-electron chi connectivity index (χ2n) is 5.46. The van der Waals surface area contributed by atoms with Gasteiger partial charge in [0, 0.05) is 31.4 Å². The van der Waals surface area contributed by atoms with Crippen molar-refractivity contribution in [3.8, 4) is 5.75 Å². The van der Waals surface area contributed by atoms with E-state index < -0.39 is 0 Å². The van der Waals surface area contributed by atoms with Gasteiger partial charge in [0.1, 0.15) is 11.4 Å². The Morgan fingerprint density at radius 1 is 1.28 bits per heavy atom. The van der Waals surface area contributed by atoms with E-state index in [1.165, 1.54) is 7.11 Å². The predicted molar refractivity (Wildman–Crippen MR) is 99.9 cm³/mol. The molecule has 7 heteroatoms. The molecule has 0 fully saturated rings. The van der Waals surface area contributed by atoms with Gasteiger partial charge in [-0.3, -0.25) is 4.79 Å². The van der Waals surface area contributed by atoms with Crippen molar-refractivity contribution in [1.29, 1.82) is 0 Å². The van der Waals surface area contributed by atoms with Gasteiger partial charge in [-0.25, -0.2) is 4.98 Å². The smallest absolute Gasteiger partial charge is 0.274 e. The molecule has 0 spiro atoms. The number of anilines is 2. The third-order valence-electron chi connectivity index (χ3n) is 3.58. The van der Waals surface area contributed by atoms with Gasteiger partial charge in [0.05, 0.1) is 24.7 Å². The number of benzene rings is 1. The van der Waals surface area contributed by atoms with E-state index in [2.05, 4.69) is 15.6 Å². The van der Waals surface area contributed by atoms with Crippen LogP contribution in [0, 0.1) is 6.92 Å². The van der Waals surface area contributed by atoms with Crippen LogP contribution in [0.25, 0.3) is 0 Å². The molecule has 1 heterocycles. The number of nitrogens with one attached hydrogen (secondary N) is 2. The van der Waals surface area contributed by atoms with Crippen LogP contribution in [0.2, 0.25) is 5.02 Å². The molecule has 0 aliphatic heterocycles. The summed E-state index contributed by atoms with van der Waals surface area (Å²) in [6.45, 7) is 3.34. The van der Waals surface area contributed by atoms with Crippen LogP contribution in [-0.4, -0.2) is 38.3 Å². The zero-order valence-corrected chi connectivity index (χ0v) is 15.3. The van der Waals surface area contributed by atoms with Crippen molar-refractivity contribution in [2.24, 2.45) is 0 Å². The largest absolute Gasteiger partial charge is 0.495 e. The molecule has 134 valence electrons. The molecular weight excluding hydrogens is 342 g/mol. The van der Waals surface area contributed by atoms with E-state index in [1.807, 2.05) is 13.0 Å². The maximum absolute atomic E-state index is 12.4.